The number of aromatic nitrogens is 1. The number of halogens is 4. The summed E-state index contributed by atoms with van der Waals surface area (Å²) in [6.07, 6.45) is -4.16. The smallest absolute Gasteiger partial charge is 0.417 e. The number of rotatable bonds is 4. The number of carbonyl (C=O) groups is 1. The predicted molar refractivity (Wildman–Crippen MR) is 57.6 cm³/mol. The molecule has 0 aliphatic rings. The molecule has 0 unspecified atom stereocenters. The molecule has 0 saturated carbocycles. The van der Waals surface area contributed by atoms with E-state index in [4.69, 9.17) is 16.7 Å². The molecule has 0 spiro atoms. The SMILES string of the molecule is O=C(O)CCCn1cc(C(F)(F)F)cc(Cl)c1=O. The largest absolute Gasteiger partial charge is 0.481 e. The van der Waals surface area contributed by atoms with Crippen molar-refractivity contribution in [3.63, 3.8) is 0 Å². The zero-order valence-corrected chi connectivity index (χ0v) is 9.75. The van der Waals surface area contributed by atoms with Gasteiger partial charge in [-0.05, 0) is 12.5 Å². The molecular formula is C10H9ClF3NO3. The van der Waals surface area contributed by atoms with Crippen molar-refractivity contribution in [1.82, 2.24) is 4.57 Å². The Bertz CT molecular complexity index is 510. The molecule has 0 atom stereocenters. The van der Waals surface area contributed by atoms with Gasteiger partial charge in [-0.3, -0.25) is 9.59 Å². The van der Waals surface area contributed by atoms with Gasteiger partial charge in [-0.2, -0.15) is 13.2 Å². The van der Waals surface area contributed by atoms with Crippen LogP contribution in [0.3, 0.4) is 0 Å². The van der Waals surface area contributed by atoms with E-state index in [0.717, 1.165) is 4.57 Å². The first kappa shape index (κ1) is 14.6. The molecule has 4 nitrogen and oxygen atoms in total. The van der Waals surface area contributed by atoms with E-state index in [9.17, 15) is 22.8 Å². The predicted octanol–water partition coefficient (Wildman–Crippen LogP) is 2.39. The van der Waals surface area contributed by atoms with E-state index in [0.29, 0.717) is 12.3 Å². The Balaban J connectivity index is 3.00. The van der Waals surface area contributed by atoms with Crippen molar-refractivity contribution >= 4 is 17.6 Å². The van der Waals surface area contributed by atoms with E-state index in [-0.39, 0.29) is 19.4 Å². The van der Waals surface area contributed by atoms with Gasteiger partial charge in [0, 0.05) is 19.2 Å². The molecule has 0 radical (unpaired) electrons. The number of aryl methyl sites for hydroxylation is 1. The van der Waals surface area contributed by atoms with Gasteiger partial charge in [0.05, 0.1) is 5.56 Å². The van der Waals surface area contributed by atoms with E-state index in [1.54, 1.807) is 0 Å². The lowest BCUT2D eigenvalue weighted by molar-refractivity contribution is -0.139. The molecule has 18 heavy (non-hydrogen) atoms. The van der Waals surface area contributed by atoms with E-state index in [1.165, 1.54) is 0 Å². The summed E-state index contributed by atoms with van der Waals surface area (Å²) in [4.78, 5) is 21.7. The van der Waals surface area contributed by atoms with Crippen LogP contribution >= 0.6 is 11.6 Å². The molecule has 1 rings (SSSR count). The molecule has 0 fully saturated rings. The van der Waals surface area contributed by atoms with Crippen molar-refractivity contribution in [2.75, 3.05) is 0 Å². The van der Waals surface area contributed by atoms with Gasteiger partial charge in [-0.1, -0.05) is 11.6 Å². The number of pyridine rings is 1. The second-order valence-corrected chi connectivity index (χ2v) is 3.98. The number of hydrogen-bond acceptors (Lipinski definition) is 2. The normalized spacial score (nSPS) is 11.6. The van der Waals surface area contributed by atoms with Crippen molar-refractivity contribution < 1.29 is 23.1 Å². The van der Waals surface area contributed by atoms with Crippen LogP contribution in [0.4, 0.5) is 13.2 Å². The third kappa shape index (κ3) is 3.76. The lowest BCUT2D eigenvalue weighted by atomic mass is 10.2. The maximum atomic E-state index is 12.5. The van der Waals surface area contributed by atoms with Gasteiger partial charge in [0.25, 0.3) is 5.56 Å². The summed E-state index contributed by atoms with van der Waals surface area (Å²) in [5, 5.41) is 7.86. The molecule has 1 N–H and O–H groups in total. The number of carboxylic acid groups (broad SMARTS) is 1. The molecule has 1 heterocycles. The Morgan fingerprint density at radius 2 is 2.06 bits per heavy atom. The van der Waals surface area contributed by atoms with Gasteiger partial charge in [0.15, 0.2) is 0 Å². The second-order valence-electron chi connectivity index (χ2n) is 3.57. The summed E-state index contributed by atoms with van der Waals surface area (Å²) in [6, 6.07) is 0.553. The van der Waals surface area contributed by atoms with Crippen molar-refractivity contribution in [2.24, 2.45) is 0 Å². The molecule has 0 aliphatic carbocycles. The average molecular weight is 284 g/mol. The van der Waals surface area contributed by atoms with Gasteiger partial charge < -0.3 is 9.67 Å². The fourth-order valence-electron chi connectivity index (χ4n) is 1.32. The van der Waals surface area contributed by atoms with Gasteiger partial charge in [-0.15, -0.1) is 0 Å². The molecule has 1 aromatic rings. The highest BCUT2D eigenvalue weighted by Gasteiger charge is 2.32. The molecule has 1 aromatic heterocycles. The molecule has 0 amide bonds. The standard InChI is InChI=1S/C10H9ClF3NO3/c11-7-4-6(10(12,13)14)5-15(9(7)18)3-1-2-8(16)17/h4-5H,1-3H2,(H,16,17). The van der Waals surface area contributed by atoms with Crippen LogP contribution in [0.1, 0.15) is 18.4 Å². The quantitative estimate of drug-likeness (QED) is 0.923. The zero-order chi connectivity index (χ0) is 13.9. The van der Waals surface area contributed by atoms with Crippen molar-refractivity contribution in [3.05, 3.63) is 33.2 Å². The average Bonchev–Trinajstić information content (AvgIpc) is 2.22. The van der Waals surface area contributed by atoms with E-state index in [2.05, 4.69) is 0 Å². The lowest BCUT2D eigenvalue weighted by Gasteiger charge is -2.11. The zero-order valence-electron chi connectivity index (χ0n) is 9.00. The Hall–Kier alpha value is -1.50. The molecule has 8 heteroatoms. The minimum atomic E-state index is -4.61. The van der Waals surface area contributed by atoms with Crippen LogP contribution in [0.5, 0.6) is 0 Å². The first-order chi connectivity index (χ1) is 8.21. The summed E-state index contributed by atoms with van der Waals surface area (Å²) in [5.74, 6) is -1.08. The highest BCUT2D eigenvalue weighted by Crippen LogP contribution is 2.29. The highest BCUT2D eigenvalue weighted by atomic mass is 35.5. The molecule has 100 valence electrons. The number of aliphatic carboxylic acids is 1. The second kappa shape index (κ2) is 5.43. The Morgan fingerprint density at radius 1 is 1.44 bits per heavy atom. The van der Waals surface area contributed by atoms with Crippen LogP contribution in [-0.2, 0) is 17.5 Å². The molecular weight excluding hydrogens is 275 g/mol. The maximum absolute atomic E-state index is 12.5. The van der Waals surface area contributed by atoms with Crippen molar-refractivity contribution in [1.29, 1.82) is 0 Å². The van der Waals surface area contributed by atoms with Crippen LogP contribution in [0, 0.1) is 0 Å². The first-order valence-electron chi connectivity index (χ1n) is 4.91. The molecule has 0 bridgehead atoms. The first-order valence-corrected chi connectivity index (χ1v) is 5.28. The lowest BCUT2D eigenvalue weighted by Crippen LogP contribution is -2.23. The van der Waals surface area contributed by atoms with Crippen LogP contribution < -0.4 is 5.56 Å². The Labute approximate surface area is 105 Å². The fourth-order valence-corrected chi connectivity index (χ4v) is 1.55. The van der Waals surface area contributed by atoms with Gasteiger partial charge in [-0.25, -0.2) is 0 Å². The van der Waals surface area contributed by atoms with Crippen LogP contribution in [0.25, 0.3) is 0 Å². The van der Waals surface area contributed by atoms with Gasteiger partial charge in [0.1, 0.15) is 5.02 Å². The highest BCUT2D eigenvalue weighted by molar-refractivity contribution is 6.30. The van der Waals surface area contributed by atoms with E-state index >= 15 is 0 Å². The van der Waals surface area contributed by atoms with Gasteiger partial charge >= 0.3 is 12.1 Å². The van der Waals surface area contributed by atoms with Crippen molar-refractivity contribution in [3.8, 4) is 0 Å². The van der Waals surface area contributed by atoms with E-state index in [1.807, 2.05) is 0 Å². The van der Waals surface area contributed by atoms with Crippen LogP contribution in [0.2, 0.25) is 5.02 Å². The number of hydrogen-bond donors (Lipinski definition) is 1. The minimum absolute atomic E-state index is 0.0485. The minimum Gasteiger partial charge on any atom is -0.481 e. The molecule has 0 aromatic carbocycles. The monoisotopic (exact) mass is 283 g/mol. The Morgan fingerprint density at radius 3 is 2.56 bits per heavy atom. The summed E-state index contributed by atoms with van der Waals surface area (Å²) in [5.41, 5.74) is -1.81. The number of nitrogens with zero attached hydrogens (tertiary/aromatic N) is 1. The van der Waals surface area contributed by atoms with E-state index < -0.39 is 28.3 Å². The summed E-state index contributed by atoms with van der Waals surface area (Å²) in [6.45, 7) is -0.130. The van der Waals surface area contributed by atoms with Gasteiger partial charge in [0.2, 0.25) is 0 Å². The van der Waals surface area contributed by atoms with Crippen molar-refractivity contribution in [2.45, 2.75) is 25.6 Å². The Kier molecular flexibility index (Phi) is 4.39. The van der Waals surface area contributed by atoms with Crippen LogP contribution in [0.15, 0.2) is 17.1 Å². The summed E-state index contributed by atoms with van der Waals surface area (Å²) in [7, 11) is 0. The maximum Gasteiger partial charge on any atom is 0.417 e. The summed E-state index contributed by atoms with van der Waals surface area (Å²) < 4.78 is 38.2. The summed E-state index contributed by atoms with van der Waals surface area (Å²) >= 11 is 5.42. The topological polar surface area (TPSA) is 59.3 Å². The van der Waals surface area contributed by atoms with Crippen LogP contribution in [-0.4, -0.2) is 15.6 Å². The fraction of sp³-hybridized carbons (Fsp3) is 0.400. The number of alkyl halides is 3. The third-order valence-corrected chi connectivity index (χ3v) is 2.43. The molecule has 0 saturated heterocycles. The molecule has 0 aliphatic heterocycles. The third-order valence-electron chi connectivity index (χ3n) is 2.16. The number of carboxylic acids is 1.